The molecule has 0 radical (unpaired) electrons. The van der Waals surface area contributed by atoms with Gasteiger partial charge in [0.15, 0.2) is 0 Å². The van der Waals surface area contributed by atoms with Crippen molar-refractivity contribution in [3.05, 3.63) is 53.7 Å². The molecule has 0 aliphatic carbocycles. The van der Waals surface area contributed by atoms with Crippen LogP contribution in [-0.2, 0) is 13.1 Å². The van der Waals surface area contributed by atoms with Crippen molar-refractivity contribution in [2.45, 2.75) is 13.1 Å². The fourth-order valence-electron chi connectivity index (χ4n) is 3.01. The molecule has 27 heavy (non-hydrogen) atoms. The number of carbonyl (C=O) groups is 1. The monoisotopic (exact) mass is 369 g/mol. The average molecular weight is 369 g/mol. The van der Waals surface area contributed by atoms with Crippen LogP contribution in [0.1, 0.15) is 11.1 Å². The number of likely N-dealkylation sites (N-methyl/N-ethyl adjacent to an activating group) is 1. The van der Waals surface area contributed by atoms with Gasteiger partial charge in [-0.1, -0.05) is 24.3 Å². The largest absolute Gasteiger partial charge is 0.496 e. The quantitative estimate of drug-likeness (QED) is 0.813. The van der Waals surface area contributed by atoms with Gasteiger partial charge in [0.1, 0.15) is 11.6 Å². The lowest BCUT2D eigenvalue weighted by molar-refractivity contribution is 0.240. The number of nitrogens with one attached hydrogen (secondary N) is 2. The van der Waals surface area contributed by atoms with E-state index in [1.807, 2.05) is 42.6 Å². The van der Waals surface area contributed by atoms with E-state index in [0.717, 1.165) is 48.9 Å². The highest BCUT2D eigenvalue weighted by molar-refractivity contribution is 5.73. The smallest absolute Gasteiger partial charge is 0.315 e. The zero-order valence-electron chi connectivity index (χ0n) is 15.9. The molecule has 2 aromatic rings. The molecule has 1 aliphatic rings. The van der Waals surface area contributed by atoms with Gasteiger partial charge < -0.3 is 25.2 Å². The molecule has 2 N–H and O–H groups in total. The summed E-state index contributed by atoms with van der Waals surface area (Å²) in [5, 5.41) is 5.71. The molecule has 0 spiro atoms. The Morgan fingerprint density at radius 3 is 2.52 bits per heavy atom. The van der Waals surface area contributed by atoms with Crippen LogP contribution in [0, 0.1) is 0 Å². The number of piperazine rings is 1. The number of hydrogen-bond donors (Lipinski definition) is 2. The third-order valence-corrected chi connectivity index (χ3v) is 4.72. The van der Waals surface area contributed by atoms with Crippen molar-refractivity contribution >= 4 is 11.8 Å². The summed E-state index contributed by atoms with van der Waals surface area (Å²) in [6, 6.07) is 11.5. The Hall–Kier alpha value is -2.80. The SMILES string of the molecule is COc1ccccc1CNC(=O)NCc1ccc(N2CCN(C)CC2)nc1. The van der Waals surface area contributed by atoms with Crippen LogP contribution in [0.5, 0.6) is 5.75 Å². The number of urea groups is 1. The topological polar surface area (TPSA) is 69.7 Å². The molecule has 2 amide bonds. The lowest BCUT2D eigenvalue weighted by Gasteiger charge is -2.33. The third kappa shape index (κ3) is 5.34. The van der Waals surface area contributed by atoms with E-state index in [2.05, 4.69) is 32.5 Å². The van der Waals surface area contributed by atoms with Gasteiger partial charge in [-0.05, 0) is 24.7 Å². The second-order valence-electron chi connectivity index (χ2n) is 6.66. The van der Waals surface area contributed by atoms with Crippen molar-refractivity contribution in [3.63, 3.8) is 0 Å². The number of pyridine rings is 1. The van der Waals surface area contributed by atoms with Crippen molar-refractivity contribution < 1.29 is 9.53 Å². The van der Waals surface area contributed by atoms with E-state index in [9.17, 15) is 4.79 Å². The molecule has 3 rings (SSSR count). The van der Waals surface area contributed by atoms with Crippen molar-refractivity contribution in [2.24, 2.45) is 0 Å². The Morgan fingerprint density at radius 1 is 1.07 bits per heavy atom. The van der Waals surface area contributed by atoms with Gasteiger partial charge in [-0.15, -0.1) is 0 Å². The third-order valence-electron chi connectivity index (χ3n) is 4.72. The minimum atomic E-state index is -0.218. The van der Waals surface area contributed by atoms with E-state index in [4.69, 9.17) is 4.74 Å². The lowest BCUT2D eigenvalue weighted by atomic mass is 10.2. The first-order valence-electron chi connectivity index (χ1n) is 9.17. The summed E-state index contributed by atoms with van der Waals surface area (Å²) in [5.74, 6) is 1.76. The molecule has 0 atom stereocenters. The highest BCUT2D eigenvalue weighted by Crippen LogP contribution is 2.16. The normalized spacial score (nSPS) is 14.7. The molecule has 1 saturated heterocycles. The van der Waals surface area contributed by atoms with Gasteiger partial charge in [0.05, 0.1) is 7.11 Å². The lowest BCUT2D eigenvalue weighted by Crippen LogP contribution is -2.44. The van der Waals surface area contributed by atoms with Crippen molar-refractivity contribution in [1.29, 1.82) is 0 Å². The molecule has 1 aromatic heterocycles. The Labute approximate surface area is 160 Å². The number of benzene rings is 1. The van der Waals surface area contributed by atoms with Crippen molar-refractivity contribution in [1.82, 2.24) is 20.5 Å². The zero-order chi connectivity index (χ0) is 19.1. The molecule has 0 unspecified atom stereocenters. The second kappa shape index (κ2) is 9.23. The molecule has 0 bridgehead atoms. The first-order valence-corrected chi connectivity index (χ1v) is 9.17. The number of amides is 2. The maximum atomic E-state index is 12.0. The number of methoxy groups -OCH3 is 1. The summed E-state index contributed by atoms with van der Waals surface area (Å²) in [7, 11) is 3.76. The summed E-state index contributed by atoms with van der Waals surface area (Å²) in [6.07, 6.45) is 1.83. The fourth-order valence-corrected chi connectivity index (χ4v) is 3.01. The molecule has 1 aliphatic heterocycles. The number of rotatable bonds is 6. The van der Waals surface area contributed by atoms with Gasteiger partial charge in [-0.25, -0.2) is 9.78 Å². The number of hydrogen-bond acceptors (Lipinski definition) is 5. The van der Waals surface area contributed by atoms with E-state index in [-0.39, 0.29) is 6.03 Å². The maximum absolute atomic E-state index is 12.0. The first kappa shape index (κ1) is 19.0. The average Bonchev–Trinajstić information content (AvgIpc) is 2.72. The molecular formula is C20H27N5O2. The Bertz CT molecular complexity index is 742. The standard InChI is InChI=1S/C20H27N5O2/c1-24-9-11-25(12-10-24)19-8-7-16(13-21-19)14-22-20(26)23-15-17-5-3-4-6-18(17)27-2/h3-8,13H,9-12,14-15H2,1-2H3,(H2,22,23,26). The molecule has 2 heterocycles. The summed E-state index contributed by atoms with van der Waals surface area (Å²) >= 11 is 0. The van der Waals surface area contributed by atoms with Gasteiger partial charge in [-0.3, -0.25) is 0 Å². The van der Waals surface area contributed by atoms with Crippen LogP contribution >= 0.6 is 0 Å². The minimum absolute atomic E-state index is 0.218. The van der Waals surface area contributed by atoms with Gasteiger partial charge >= 0.3 is 6.03 Å². The number of para-hydroxylation sites is 1. The van der Waals surface area contributed by atoms with Crippen LogP contribution < -0.4 is 20.3 Å². The van der Waals surface area contributed by atoms with Crippen LogP contribution in [0.4, 0.5) is 10.6 Å². The second-order valence-corrected chi connectivity index (χ2v) is 6.66. The molecule has 7 heteroatoms. The number of nitrogens with zero attached hydrogens (tertiary/aromatic N) is 3. The fraction of sp³-hybridized carbons (Fsp3) is 0.400. The van der Waals surface area contributed by atoms with E-state index in [1.54, 1.807) is 7.11 Å². The number of carbonyl (C=O) groups excluding carboxylic acids is 1. The van der Waals surface area contributed by atoms with Crippen LogP contribution in [0.15, 0.2) is 42.6 Å². The Kier molecular flexibility index (Phi) is 6.49. The molecule has 0 saturated carbocycles. The van der Waals surface area contributed by atoms with Crippen LogP contribution in [0.3, 0.4) is 0 Å². The summed E-state index contributed by atoms with van der Waals surface area (Å²) in [5.41, 5.74) is 1.91. The highest BCUT2D eigenvalue weighted by Gasteiger charge is 2.15. The summed E-state index contributed by atoms with van der Waals surface area (Å²) < 4.78 is 5.29. The van der Waals surface area contributed by atoms with Crippen LogP contribution in [0.25, 0.3) is 0 Å². The summed E-state index contributed by atoms with van der Waals surface area (Å²) in [6.45, 7) is 4.94. The molecule has 1 aromatic carbocycles. The zero-order valence-corrected chi connectivity index (χ0v) is 15.9. The van der Waals surface area contributed by atoms with Gasteiger partial charge in [0, 0.05) is 51.0 Å². The molecule has 7 nitrogen and oxygen atoms in total. The Morgan fingerprint density at radius 2 is 1.81 bits per heavy atom. The Balaban J connectivity index is 1.45. The van der Waals surface area contributed by atoms with E-state index in [1.165, 1.54) is 0 Å². The number of ether oxygens (including phenoxy) is 1. The predicted octanol–water partition coefficient (Wildman–Crippen LogP) is 1.84. The van der Waals surface area contributed by atoms with Crippen molar-refractivity contribution in [3.8, 4) is 5.75 Å². The van der Waals surface area contributed by atoms with E-state index in [0.29, 0.717) is 13.1 Å². The van der Waals surface area contributed by atoms with E-state index >= 15 is 0 Å². The molecule has 1 fully saturated rings. The predicted molar refractivity (Wildman–Crippen MR) is 106 cm³/mol. The number of anilines is 1. The van der Waals surface area contributed by atoms with Gasteiger partial charge in [0.2, 0.25) is 0 Å². The van der Waals surface area contributed by atoms with Crippen LogP contribution in [0.2, 0.25) is 0 Å². The maximum Gasteiger partial charge on any atom is 0.315 e. The summed E-state index contributed by atoms with van der Waals surface area (Å²) in [4.78, 5) is 21.2. The van der Waals surface area contributed by atoms with E-state index < -0.39 is 0 Å². The van der Waals surface area contributed by atoms with Gasteiger partial charge in [0.25, 0.3) is 0 Å². The van der Waals surface area contributed by atoms with Crippen LogP contribution in [-0.4, -0.2) is 56.3 Å². The highest BCUT2D eigenvalue weighted by atomic mass is 16.5. The first-order chi connectivity index (χ1) is 13.2. The number of aromatic nitrogens is 1. The minimum Gasteiger partial charge on any atom is -0.496 e. The van der Waals surface area contributed by atoms with Gasteiger partial charge in [-0.2, -0.15) is 0 Å². The molecule has 144 valence electrons. The van der Waals surface area contributed by atoms with Crippen molar-refractivity contribution in [2.75, 3.05) is 45.2 Å². The molecular weight excluding hydrogens is 342 g/mol.